The average molecular weight is 339 g/mol. The zero-order valence-corrected chi connectivity index (χ0v) is 14.5. The van der Waals surface area contributed by atoms with Gasteiger partial charge in [-0.25, -0.2) is 0 Å². The van der Waals surface area contributed by atoms with Crippen LogP contribution < -0.4 is 5.43 Å². The Balaban J connectivity index is 1.77. The van der Waals surface area contributed by atoms with E-state index in [9.17, 15) is 0 Å². The van der Waals surface area contributed by atoms with Gasteiger partial charge in [0.25, 0.3) is 0 Å². The van der Waals surface area contributed by atoms with Crippen LogP contribution in [0.4, 0.5) is 5.69 Å². The van der Waals surface area contributed by atoms with Crippen molar-refractivity contribution in [3.05, 3.63) is 82.1 Å². The summed E-state index contributed by atoms with van der Waals surface area (Å²) < 4.78 is 2.00. The molecular weight excluding hydrogens is 320 g/mol. The molecule has 5 heteroatoms. The summed E-state index contributed by atoms with van der Waals surface area (Å²) in [4.78, 5) is 0. The lowest BCUT2D eigenvalue weighted by atomic mass is 10.2. The summed E-state index contributed by atoms with van der Waals surface area (Å²) in [6.45, 7) is 4.80. The van der Waals surface area contributed by atoms with Gasteiger partial charge in [0.15, 0.2) is 0 Å². The van der Waals surface area contributed by atoms with Crippen molar-refractivity contribution in [3.8, 4) is 0 Å². The summed E-state index contributed by atoms with van der Waals surface area (Å²) in [5.41, 5.74) is 8.03. The first-order valence-corrected chi connectivity index (χ1v) is 8.14. The molecule has 0 aliphatic rings. The number of hydrogen-bond donors (Lipinski definition) is 1. The standard InChI is InChI=1S/C19H19ClN4/c1-14-17(12-21-22-19-11-7-6-10-18(19)20)15(2)24(23-14)13-16-8-4-3-5-9-16/h3-12,22H,13H2,1-2H3/b21-12-. The van der Waals surface area contributed by atoms with Gasteiger partial charge in [0.05, 0.1) is 29.2 Å². The van der Waals surface area contributed by atoms with Gasteiger partial charge in [-0.15, -0.1) is 0 Å². The highest BCUT2D eigenvalue weighted by Crippen LogP contribution is 2.20. The molecule has 3 aromatic rings. The minimum absolute atomic E-state index is 0.642. The van der Waals surface area contributed by atoms with Crippen LogP contribution in [-0.4, -0.2) is 16.0 Å². The second kappa shape index (κ2) is 7.32. The molecule has 0 saturated heterocycles. The first-order valence-electron chi connectivity index (χ1n) is 7.76. The van der Waals surface area contributed by atoms with E-state index in [4.69, 9.17) is 11.6 Å². The fourth-order valence-electron chi connectivity index (χ4n) is 2.53. The normalized spacial score (nSPS) is 11.1. The van der Waals surface area contributed by atoms with Gasteiger partial charge in [0, 0.05) is 11.3 Å². The molecule has 4 nitrogen and oxygen atoms in total. The van der Waals surface area contributed by atoms with E-state index in [2.05, 4.69) is 34.7 Å². The van der Waals surface area contributed by atoms with Crippen LogP contribution in [0, 0.1) is 13.8 Å². The van der Waals surface area contributed by atoms with E-state index in [1.165, 1.54) is 5.56 Å². The topological polar surface area (TPSA) is 42.2 Å². The number of aromatic nitrogens is 2. The Morgan fingerprint density at radius 1 is 1.08 bits per heavy atom. The number of hydrogen-bond acceptors (Lipinski definition) is 3. The predicted molar refractivity (Wildman–Crippen MR) is 99.9 cm³/mol. The highest BCUT2D eigenvalue weighted by molar-refractivity contribution is 6.33. The van der Waals surface area contributed by atoms with E-state index >= 15 is 0 Å². The summed E-state index contributed by atoms with van der Waals surface area (Å²) >= 11 is 6.11. The number of aryl methyl sites for hydroxylation is 1. The summed E-state index contributed by atoms with van der Waals surface area (Å²) in [6.07, 6.45) is 1.79. The number of anilines is 1. The van der Waals surface area contributed by atoms with Gasteiger partial charge in [-0.2, -0.15) is 10.2 Å². The summed E-state index contributed by atoms with van der Waals surface area (Å²) in [6, 6.07) is 17.8. The highest BCUT2D eigenvalue weighted by Gasteiger charge is 2.10. The van der Waals surface area contributed by atoms with Crippen LogP contribution in [0.3, 0.4) is 0 Å². The molecule has 0 aliphatic heterocycles. The molecule has 0 amide bonds. The monoisotopic (exact) mass is 338 g/mol. The Kier molecular flexibility index (Phi) is 4.96. The Bertz CT molecular complexity index is 853. The molecule has 3 rings (SSSR count). The molecule has 0 spiro atoms. The number of para-hydroxylation sites is 1. The van der Waals surface area contributed by atoms with Crippen molar-refractivity contribution in [2.75, 3.05) is 5.43 Å². The summed E-state index contributed by atoms with van der Waals surface area (Å²) in [5, 5.41) is 9.56. The van der Waals surface area contributed by atoms with Crippen LogP contribution in [0.25, 0.3) is 0 Å². The van der Waals surface area contributed by atoms with Gasteiger partial charge in [0.2, 0.25) is 0 Å². The van der Waals surface area contributed by atoms with Gasteiger partial charge >= 0.3 is 0 Å². The quantitative estimate of drug-likeness (QED) is 0.543. The van der Waals surface area contributed by atoms with E-state index in [-0.39, 0.29) is 0 Å². The molecular formula is C19H19ClN4. The summed E-state index contributed by atoms with van der Waals surface area (Å²) in [7, 11) is 0. The zero-order valence-electron chi connectivity index (χ0n) is 13.7. The van der Waals surface area contributed by atoms with Crippen LogP contribution in [-0.2, 0) is 6.54 Å². The second-order valence-electron chi connectivity index (χ2n) is 5.58. The van der Waals surface area contributed by atoms with Crippen molar-refractivity contribution in [3.63, 3.8) is 0 Å². The maximum absolute atomic E-state index is 6.11. The summed E-state index contributed by atoms with van der Waals surface area (Å²) in [5.74, 6) is 0. The number of hydrazone groups is 1. The smallest absolute Gasteiger partial charge is 0.0748 e. The minimum Gasteiger partial charge on any atom is -0.277 e. The van der Waals surface area contributed by atoms with E-state index < -0.39 is 0 Å². The van der Waals surface area contributed by atoms with Crippen LogP contribution in [0.5, 0.6) is 0 Å². The van der Waals surface area contributed by atoms with Gasteiger partial charge in [0.1, 0.15) is 0 Å². The maximum atomic E-state index is 6.11. The lowest BCUT2D eigenvalue weighted by Crippen LogP contribution is -2.04. The number of halogens is 1. The molecule has 1 heterocycles. The van der Waals surface area contributed by atoms with Crippen molar-refractivity contribution in [1.82, 2.24) is 9.78 Å². The van der Waals surface area contributed by atoms with Crippen LogP contribution in [0.15, 0.2) is 59.7 Å². The fraction of sp³-hybridized carbons (Fsp3) is 0.158. The van der Waals surface area contributed by atoms with E-state index in [0.29, 0.717) is 5.02 Å². The molecule has 2 aromatic carbocycles. The molecule has 0 aliphatic carbocycles. The Labute approximate surface area is 146 Å². The van der Waals surface area contributed by atoms with Gasteiger partial charge in [-0.1, -0.05) is 54.1 Å². The maximum Gasteiger partial charge on any atom is 0.0748 e. The first-order chi connectivity index (χ1) is 11.6. The van der Waals surface area contributed by atoms with Crippen LogP contribution >= 0.6 is 11.6 Å². The van der Waals surface area contributed by atoms with Gasteiger partial charge in [-0.3, -0.25) is 10.1 Å². The van der Waals surface area contributed by atoms with Gasteiger partial charge in [-0.05, 0) is 31.5 Å². The lowest BCUT2D eigenvalue weighted by molar-refractivity contribution is 0.659. The molecule has 1 aromatic heterocycles. The third-order valence-corrected chi connectivity index (χ3v) is 4.19. The van der Waals surface area contributed by atoms with Crippen molar-refractivity contribution in [1.29, 1.82) is 0 Å². The fourth-order valence-corrected chi connectivity index (χ4v) is 2.70. The minimum atomic E-state index is 0.642. The Morgan fingerprint density at radius 2 is 1.79 bits per heavy atom. The number of nitrogens with zero attached hydrogens (tertiary/aromatic N) is 3. The third-order valence-electron chi connectivity index (χ3n) is 3.87. The van der Waals surface area contributed by atoms with Gasteiger partial charge < -0.3 is 0 Å². The number of nitrogens with one attached hydrogen (secondary N) is 1. The predicted octanol–water partition coefficient (Wildman–Crippen LogP) is 4.65. The van der Waals surface area contributed by atoms with Crippen molar-refractivity contribution < 1.29 is 0 Å². The van der Waals surface area contributed by atoms with Crippen molar-refractivity contribution in [2.45, 2.75) is 20.4 Å². The molecule has 0 radical (unpaired) electrons. The highest BCUT2D eigenvalue weighted by atomic mass is 35.5. The molecule has 0 saturated carbocycles. The van der Waals surface area contributed by atoms with Crippen molar-refractivity contribution >= 4 is 23.5 Å². The van der Waals surface area contributed by atoms with Crippen LogP contribution in [0.2, 0.25) is 5.02 Å². The largest absolute Gasteiger partial charge is 0.277 e. The third kappa shape index (κ3) is 3.66. The Hall–Kier alpha value is -2.59. The van der Waals surface area contributed by atoms with E-state index in [1.54, 1.807) is 6.21 Å². The Morgan fingerprint density at radius 3 is 2.54 bits per heavy atom. The molecule has 1 N–H and O–H groups in total. The van der Waals surface area contributed by atoms with E-state index in [0.717, 1.165) is 29.2 Å². The second-order valence-corrected chi connectivity index (χ2v) is 5.98. The first kappa shape index (κ1) is 16.3. The van der Waals surface area contributed by atoms with E-state index in [1.807, 2.05) is 54.1 Å². The van der Waals surface area contributed by atoms with Crippen molar-refractivity contribution in [2.24, 2.45) is 5.10 Å². The molecule has 24 heavy (non-hydrogen) atoms. The zero-order chi connectivity index (χ0) is 16.9. The number of rotatable bonds is 5. The molecule has 0 fully saturated rings. The molecule has 0 bridgehead atoms. The lowest BCUT2D eigenvalue weighted by Gasteiger charge is -2.04. The van der Waals surface area contributed by atoms with Crippen LogP contribution in [0.1, 0.15) is 22.5 Å². The molecule has 0 unspecified atom stereocenters. The molecule has 122 valence electrons. The SMILES string of the molecule is Cc1nn(Cc2ccccc2)c(C)c1/C=N\Nc1ccccc1Cl. The number of benzene rings is 2. The molecule has 0 atom stereocenters. The average Bonchev–Trinajstić information content (AvgIpc) is 2.85.